The van der Waals surface area contributed by atoms with Gasteiger partial charge in [-0.25, -0.2) is 4.39 Å². The van der Waals surface area contributed by atoms with E-state index >= 15 is 0 Å². The molecule has 1 saturated heterocycles. The van der Waals surface area contributed by atoms with Crippen LogP contribution in [0.5, 0.6) is 0 Å². The fourth-order valence-corrected chi connectivity index (χ4v) is 4.30. The molecular weight excluding hydrogens is 393 g/mol. The molecule has 1 aliphatic rings. The van der Waals surface area contributed by atoms with Crippen molar-refractivity contribution in [2.24, 2.45) is 0 Å². The van der Waals surface area contributed by atoms with Gasteiger partial charge in [-0.15, -0.1) is 0 Å². The number of benzene rings is 2. The Kier molecular flexibility index (Phi) is 4.98. The lowest BCUT2D eigenvalue weighted by atomic mass is 10.1. The van der Waals surface area contributed by atoms with E-state index in [1.165, 1.54) is 17.2 Å². The molecule has 0 radical (unpaired) electrons. The van der Waals surface area contributed by atoms with Crippen LogP contribution >= 0.6 is 0 Å². The van der Waals surface area contributed by atoms with Crippen molar-refractivity contribution in [1.82, 2.24) is 9.47 Å². The average molecular weight is 417 g/mol. The Hall–Kier alpha value is -3.54. The molecular formula is C25H24FN3O2. The molecule has 0 saturated carbocycles. The summed E-state index contributed by atoms with van der Waals surface area (Å²) in [7, 11) is 0. The SMILES string of the molecule is Cc1ccccc1Cn1c(C(=O)N2CCN(c3ccccc3F)CC2)cc2occc21. The minimum absolute atomic E-state index is 0.0202. The topological polar surface area (TPSA) is 41.6 Å². The Morgan fingerprint density at radius 2 is 1.74 bits per heavy atom. The number of hydrogen-bond donors (Lipinski definition) is 0. The highest BCUT2D eigenvalue weighted by molar-refractivity contribution is 5.97. The van der Waals surface area contributed by atoms with Crippen LogP contribution in [0.1, 0.15) is 21.6 Å². The molecule has 2 aromatic heterocycles. The van der Waals surface area contributed by atoms with Gasteiger partial charge in [0.25, 0.3) is 5.91 Å². The van der Waals surface area contributed by atoms with E-state index in [0.717, 1.165) is 5.52 Å². The summed E-state index contributed by atoms with van der Waals surface area (Å²) in [6.45, 7) is 4.97. The molecule has 2 aromatic carbocycles. The summed E-state index contributed by atoms with van der Waals surface area (Å²) in [6.07, 6.45) is 1.65. The number of carbonyl (C=O) groups excluding carboxylic acids is 1. The minimum atomic E-state index is -0.227. The third-order valence-corrected chi connectivity index (χ3v) is 6.09. The van der Waals surface area contributed by atoms with Crippen LogP contribution in [0.15, 0.2) is 71.3 Å². The van der Waals surface area contributed by atoms with E-state index in [-0.39, 0.29) is 11.7 Å². The molecule has 4 aromatic rings. The van der Waals surface area contributed by atoms with Crippen LogP contribution in [0, 0.1) is 12.7 Å². The number of nitrogens with zero attached hydrogens (tertiary/aromatic N) is 3. The van der Waals surface area contributed by atoms with Gasteiger partial charge in [-0.2, -0.15) is 0 Å². The summed E-state index contributed by atoms with van der Waals surface area (Å²) in [5.74, 6) is -0.247. The van der Waals surface area contributed by atoms with Crippen molar-refractivity contribution in [1.29, 1.82) is 0 Å². The first-order valence-electron chi connectivity index (χ1n) is 10.5. The van der Waals surface area contributed by atoms with E-state index < -0.39 is 0 Å². The first-order chi connectivity index (χ1) is 15.1. The van der Waals surface area contributed by atoms with Gasteiger partial charge in [0.15, 0.2) is 5.58 Å². The summed E-state index contributed by atoms with van der Waals surface area (Å²) in [5.41, 5.74) is 5.19. The highest BCUT2D eigenvalue weighted by Gasteiger charge is 2.27. The van der Waals surface area contributed by atoms with Crippen LogP contribution in [-0.2, 0) is 6.54 Å². The molecule has 3 heterocycles. The van der Waals surface area contributed by atoms with Gasteiger partial charge >= 0.3 is 0 Å². The normalized spacial score (nSPS) is 14.4. The smallest absolute Gasteiger partial charge is 0.270 e. The zero-order chi connectivity index (χ0) is 21.4. The van der Waals surface area contributed by atoms with Gasteiger partial charge in [0.05, 0.1) is 17.5 Å². The molecule has 5 nitrogen and oxygen atoms in total. The lowest BCUT2D eigenvalue weighted by Crippen LogP contribution is -2.49. The first-order valence-corrected chi connectivity index (χ1v) is 10.5. The van der Waals surface area contributed by atoms with Gasteiger partial charge in [0.2, 0.25) is 0 Å². The molecule has 0 N–H and O–H groups in total. The Bertz CT molecular complexity index is 1230. The zero-order valence-corrected chi connectivity index (χ0v) is 17.4. The molecule has 1 aliphatic heterocycles. The van der Waals surface area contributed by atoms with Crippen molar-refractivity contribution in [2.75, 3.05) is 31.1 Å². The van der Waals surface area contributed by atoms with Gasteiger partial charge in [0.1, 0.15) is 11.5 Å². The Labute approximate surface area is 180 Å². The number of aryl methyl sites for hydroxylation is 1. The van der Waals surface area contributed by atoms with Gasteiger partial charge in [-0.1, -0.05) is 36.4 Å². The molecule has 0 unspecified atom stereocenters. The number of para-hydroxylation sites is 1. The Morgan fingerprint density at radius 1 is 1.00 bits per heavy atom. The number of halogens is 1. The van der Waals surface area contributed by atoms with E-state index in [1.807, 2.05) is 44.7 Å². The predicted octanol–water partition coefficient (Wildman–Crippen LogP) is 4.69. The molecule has 0 atom stereocenters. The highest BCUT2D eigenvalue weighted by Crippen LogP contribution is 2.26. The van der Waals surface area contributed by atoms with Crippen LogP contribution in [0.3, 0.4) is 0 Å². The third kappa shape index (κ3) is 3.58. The van der Waals surface area contributed by atoms with E-state index in [9.17, 15) is 9.18 Å². The van der Waals surface area contributed by atoms with Crippen LogP contribution in [0.25, 0.3) is 11.1 Å². The standard InChI is InChI=1S/C25H24FN3O2/c1-18-6-2-3-7-19(18)17-29-22-10-15-31-24(22)16-23(29)25(30)28-13-11-27(12-14-28)21-9-5-4-8-20(21)26/h2-10,15-16H,11-14,17H2,1H3. The van der Waals surface area contributed by atoms with Crippen molar-refractivity contribution in [3.05, 3.63) is 89.6 Å². The van der Waals surface area contributed by atoms with Crippen LogP contribution in [0.2, 0.25) is 0 Å². The predicted molar refractivity (Wildman–Crippen MR) is 119 cm³/mol. The highest BCUT2D eigenvalue weighted by atomic mass is 19.1. The minimum Gasteiger partial charge on any atom is -0.463 e. The molecule has 158 valence electrons. The number of fused-ring (bicyclic) bond motifs is 1. The number of anilines is 1. The largest absolute Gasteiger partial charge is 0.463 e. The number of aromatic nitrogens is 1. The molecule has 0 aliphatic carbocycles. The van der Waals surface area contributed by atoms with E-state index in [2.05, 4.69) is 19.1 Å². The molecule has 31 heavy (non-hydrogen) atoms. The van der Waals surface area contributed by atoms with Gasteiger partial charge < -0.3 is 18.8 Å². The quantitative estimate of drug-likeness (QED) is 0.484. The lowest BCUT2D eigenvalue weighted by molar-refractivity contribution is 0.0736. The fraction of sp³-hybridized carbons (Fsp3) is 0.240. The number of carbonyl (C=O) groups is 1. The van der Waals surface area contributed by atoms with Crippen LogP contribution in [0.4, 0.5) is 10.1 Å². The summed E-state index contributed by atoms with van der Waals surface area (Å²) >= 11 is 0. The second kappa shape index (κ2) is 7.95. The van der Waals surface area contributed by atoms with E-state index in [0.29, 0.717) is 49.7 Å². The summed E-state index contributed by atoms with van der Waals surface area (Å²) in [6, 6.07) is 18.7. The van der Waals surface area contributed by atoms with Gasteiger partial charge in [-0.3, -0.25) is 4.79 Å². The first kappa shape index (κ1) is 19.4. The number of amides is 1. The van der Waals surface area contributed by atoms with E-state index in [4.69, 9.17) is 4.42 Å². The number of hydrogen-bond acceptors (Lipinski definition) is 3. The fourth-order valence-electron chi connectivity index (χ4n) is 4.30. The van der Waals surface area contributed by atoms with Crippen molar-refractivity contribution in [3.63, 3.8) is 0 Å². The molecule has 5 rings (SSSR count). The summed E-state index contributed by atoms with van der Waals surface area (Å²) < 4.78 is 21.8. The second-order valence-corrected chi connectivity index (χ2v) is 7.94. The lowest BCUT2D eigenvalue weighted by Gasteiger charge is -2.36. The van der Waals surface area contributed by atoms with Crippen LogP contribution < -0.4 is 4.90 Å². The number of piperazine rings is 1. The summed E-state index contributed by atoms with van der Waals surface area (Å²) in [4.78, 5) is 17.3. The number of furan rings is 1. The molecule has 1 amide bonds. The van der Waals surface area contributed by atoms with Gasteiger partial charge in [-0.05, 0) is 30.2 Å². The maximum Gasteiger partial charge on any atom is 0.270 e. The Morgan fingerprint density at radius 3 is 2.52 bits per heavy atom. The maximum absolute atomic E-state index is 14.1. The van der Waals surface area contributed by atoms with Crippen LogP contribution in [-0.4, -0.2) is 41.6 Å². The third-order valence-electron chi connectivity index (χ3n) is 6.09. The molecule has 1 fully saturated rings. The Balaban J connectivity index is 1.39. The monoisotopic (exact) mass is 417 g/mol. The number of rotatable bonds is 4. The van der Waals surface area contributed by atoms with Crippen molar-refractivity contribution >= 4 is 22.7 Å². The zero-order valence-electron chi connectivity index (χ0n) is 17.4. The van der Waals surface area contributed by atoms with Gasteiger partial charge in [0, 0.05) is 44.9 Å². The van der Waals surface area contributed by atoms with Crippen molar-refractivity contribution in [3.8, 4) is 0 Å². The average Bonchev–Trinajstić information content (AvgIpc) is 3.38. The molecule has 0 bridgehead atoms. The maximum atomic E-state index is 14.1. The molecule has 6 heteroatoms. The van der Waals surface area contributed by atoms with Crippen molar-refractivity contribution < 1.29 is 13.6 Å². The van der Waals surface area contributed by atoms with Crippen molar-refractivity contribution in [2.45, 2.75) is 13.5 Å². The summed E-state index contributed by atoms with van der Waals surface area (Å²) in [5, 5.41) is 0. The molecule has 0 spiro atoms. The second-order valence-electron chi connectivity index (χ2n) is 7.94. The van der Waals surface area contributed by atoms with E-state index in [1.54, 1.807) is 18.4 Å².